The van der Waals surface area contributed by atoms with E-state index < -0.39 is 25.0 Å². The second-order valence-corrected chi connectivity index (χ2v) is 13.4. The molecule has 2 atom stereocenters. The van der Waals surface area contributed by atoms with E-state index in [1.807, 2.05) is 26.0 Å². The highest BCUT2D eigenvalue weighted by Gasteiger charge is 2.35. The van der Waals surface area contributed by atoms with Crippen LogP contribution in [0.2, 0.25) is 0 Å². The maximum absolute atomic E-state index is 13.9. The third kappa shape index (κ3) is 6.55. The van der Waals surface area contributed by atoms with Crippen LogP contribution < -0.4 is 9.03 Å². The third-order valence-corrected chi connectivity index (χ3v) is 10.2. The molecule has 3 aromatic carbocycles. The summed E-state index contributed by atoms with van der Waals surface area (Å²) in [6.07, 6.45) is 4.92. The number of nitrogens with zero attached hydrogens (tertiary/aromatic N) is 2. The van der Waals surface area contributed by atoms with Crippen molar-refractivity contribution >= 4 is 31.4 Å². The minimum absolute atomic E-state index is 0.0224. The number of hydrogen-bond donors (Lipinski definition) is 1. The minimum atomic E-state index is -4.17. The van der Waals surface area contributed by atoms with E-state index in [0.717, 1.165) is 15.4 Å². The lowest BCUT2D eigenvalue weighted by molar-refractivity contribution is -0.384. The number of aryl methyl sites for hydroxylation is 2. The molecule has 0 bridgehead atoms. The number of sulfonamides is 2. The molecule has 39 heavy (non-hydrogen) atoms. The van der Waals surface area contributed by atoms with E-state index in [1.54, 1.807) is 42.5 Å². The lowest BCUT2D eigenvalue weighted by atomic mass is 9.83. The highest BCUT2D eigenvalue weighted by molar-refractivity contribution is 7.92. The van der Waals surface area contributed by atoms with Crippen LogP contribution in [0.5, 0.6) is 0 Å². The van der Waals surface area contributed by atoms with Gasteiger partial charge in [-0.2, -0.15) is 0 Å². The van der Waals surface area contributed by atoms with Crippen molar-refractivity contribution in [2.24, 2.45) is 11.8 Å². The number of para-hydroxylation sites is 2. The Balaban J connectivity index is 1.66. The first-order valence-electron chi connectivity index (χ1n) is 12.5. The van der Waals surface area contributed by atoms with E-state index >= 15 is 0 Å². The van der Waals surface area contributed by atoms with Crippen molar-refractivity contribution in [2.45, 2.75) is 36.5 Å². The Bertz CT molecular complexity index is 1570. The maximum atomic E-state index is 13.9. The molecule has 4 rings (SSSR count). The van der Waals surface area contributed by atoms with Crippen LogP contribution >= 0.6 is 0 Å². The van der Waals surface area contributed by atoms with Gasteiger partial charge in [-0.25, -0.2) is 21.6 Å². The fourth-order valence-corrected chi connectivity index (χ4v) is 7.25. The van der Waals surface area contributed by atoms with Gasteiger partial charge in [0.25, 0.3) is 15.7 Å². The lowest BCUT2D eigenvalue weighted by Gasteiger charge is -2.34. The van der Waals surface area contributed by atoms with E-state index in [4.69, 9.17) is 0 Å². The van der Waals surface area contributed by atoms with E-state index in [9.17, 15) is 26.9 Å². The number of nitro groups is 1. The van der Waals surface area contributed by atoms with Crippen LogP contribution in [0, 0.1) is 35.8 Å². The molecule has 0 unspecified atom stereocenters. The molecule has 0 fully saturated rings. The van der Waals surface area contributed by atoms with E-state index in [2.05, 4.69) is 4.72 Å². The van der Waals surface area contributed by atoms with Crippen molar-refractivity contribution in [2.75, 3.05) is 17.4 Å². The summed E-state index contributed by atoms with van der Waals surface area (Å²) in [5, 5.41) is 11.9. The average molecular weight is 570 g/mol. The largest absolute Gasteiger partial charge is 0.293 e. The molecule has 0 spiro atoms. The molecule has 1 aliphatic rings. The summed E-state index contributed by atoms with van der Waals surface area (Å²) in [5.74, 6) is -0.524. The predicted octanol–water partition coefficient (Wildman–Crippen LogP) is 4.97. The van der Waals surface area contributed by atoms with Crippen LogP contribution in [0.3, 0.4) is 0 Å². The molecule has 11 heteroatoms. The molecule has 0 aliphatic heterocycles. The fraction of sp³-hybridized carbons (Fsp3) is 0.286. The molecule has 3 aromatic rings. The Morgan fingerprint density at radius 3 is 1.95 bits per heavy atom. The van der Waals surface area contributed by atoms with Crippen LogP contribution in [0.25, 0.3) is 0 Å². The summed E-state index contributed by atoms with van der Waals surface area (Å²) in [5.41, 5.74) is 1.47. The Labute approximate surface area is 229 Å². The summed E-state index contributed by atoms with van der Waals surface area (Å²) in [6, 6.07) is 18.6. The van der Waals surface area contributed by atoms with Gasteiger partial charge in [0.2, 0.25) is 10.0 Å². The molecule has 0 amide bonds. The van der Waals surface area contributed by atoms with Gasteiger partial charge < -0.3 is 0 Å². The smallest absolute Gasteiger partial charge is 0.259 e. The van der Waals surface area contributed by atoms with Gasteiger partial charge >= 0.3 is 0 Å². The summed E-state index contributed by atoms with van der Waals surface area (Å²) < 4.78 is 57.4. The Hall–Kier alpha value is -3.54. The number of nitrogens with one attached hydrogen (secondary N) is 1. The van der Waals surface area contributed by atoms with E-state index in [1.165, 1.54) is 30.3 Å². The van der Waals surface area contributed by atoms with Gasteiger partial charge in [0.1, 0.15) is 5.69 Å². The normalized spacial score (nSPS) is 17.6. The summed E-state index contributed by atoms with van der Waals surface area (Å²) in [6.45, 7) is 3.76. The van der Waals surface area contributed by atoms with Gasteiger partial charge in [-0.3, -0.25) is 14.4 Å². The van der Waals surface area contributed by atoms with E-state index in [-0.39, 0.29) is 46.1 Å². The zero-order valence-electron chi connectivity index (χ0n) is 21.7. The van der Waals surface area contributed by atoms with Gasteiger partial charge in [0, 0.05) is 19.2 Å². The van der Waals surface area contributed by atoms with Crippen LogP contribution in [0.15, 0.2) is 94.7 Å². The lowest BCUT2D eigenvalue weighted by Crippen LogP contribution is -2.41. The van der Waals surface area contributed by atoms with Crippen LogP contribution in [-0.4, -0.2) is 34.8 Å². The summed E-state index contributed by atoms with van der Waals surface area (Å²) >= 11 is 0. The zero-order valence-corrected chi connectivity index (χ0v) is 23.4. The standard InChI is InChI=1S/C28H31N3O6S2/c1-21-11-15-25(16-12-21)38(34,35)29-19-23-7-3-4-8-24(23)20-30(27-9-5-6-10-28(27)31(32)33)39(36,37)26-17-13-22(2)14-18-26/h3-6,9-18,23-24,29H,7-8,19-20H2,1-2H3/t23-,24+/m1/s1. The highest BCUT2D eigenvalue weighted by atomic mass is 32.2. The number of anilines is 1. The molecule has 206 valence electrons. The van der Waals surface area contributed by atoms with Gasteiger partial charge in [-0.1, -0.05) is 59.7 Å². The van der Waals surface area contributed by atoms with Crippen molar-refractivity contribution in [1.29, 1.82) is 0 Å². The van der Waals surface area contributed by atoms with Crippen molar-refractivity contribution in [3.8, 4) is 0 Å². The topological polar surface area (TPSA) is 127 Å². The SMILES string of the molecule is Cc1ccc(S(=O)(=O)NC[C@H]2CC=CC[C@H]2CN(c2ccccc2[N+](=O)[O-])S(=O)(=O)c2ccc(C)cc2)cc1. The molecule has 0 radical (unpaired) electrons. The Morgan fingerprint density at radius 2 is 1.36 bits per heavy atom. The number of benzene rings is 3. The number of hydrogen-bond acceptors (Lipinski definition) is 6. The zero-order chi connectivity index (χ0) is 28.2. The summed E-state index contributed by atoms with van der Waals surface area (Å²) in [4.78, 5) is 11.4. The van der Waals surface area contributed by atoms with Crippen molar-refractivity contribution in [3.05, 3.63) is 106 Å². The van der Waals surface area contributed by atoms with Gasteiger partial charge in [0.05, 0.1) is 14.7 Å². The Morgan fingerprint density at radius 1 is 0.821 bits per heavy atom. The van der Waals surface area contributed by atoms with Crippen LogP contribution in [-0.2, 0) is 20.0 Å². The third-order valence-electron chi connectivity index (χ3n) is 6.93. The maximum Gasteiger partial charge on any atom is 0.293 e. The highest BCUT2D eigenvalue weighted by Crippen LogP contribution is 2.36. The molecule has 9 nitrogen and oxygen atoms in total. The first-order valence-corrected chi connectivity index (χ1v) is 15.5. The number of nitro benzene ring substituents is 1. The second-order valence-electron chi connectivity index (χ2n) is 9.72. The number of allylic oxidation sites excluding steroid dienone is 2. The molecular weight excluding hydrogens is 538 g/mol. The monoisotopic (exact) mass is 569 g/mol. The van der Waals surface area contributed by atoms with Crippen molar-refractivity contribution in [3.63, 3.8) is 0 Å². The second kappa shape index (κ2) is 11.7. The fourth-order valence-electron chi connectivity index (χ4n) is 4.62. The van der Waals surface area contributed by atoms with Gasteiger partial charge in [-0.15, -0.1) is 0 Å². The van der Waals surface area contributed by atoms with Crippen molar-refractivity contribution in [1.82, 2.24) is 4.72 Å². The molecule has 1 aliphatic carbocycles. The molecular formula is C28H31N3O6S2. The first-order chi connectivity index (χ1) is 18.5. The molecule has 0 saturated heterocycles. The van der Waals surface area contributed by atoms with Crippen LogP contribution in [0.1, 0.15) is 24.0 Å². The first kappa shape index (κ1) is 28.5. The van der Waals surface area contributed by atoms with Gasteiger partial charge in [-0.05, 0) is 68.9 Å². The van der Waals surface area contributed by atoms with Gasteiger partial charge in [0.15, 0.2) is 0 Å². The molecule has 0 saturated carbocycles. The molecule has 1 N–H and O–H groups in total. The number of rotatable bonds is 10. The predicted molar refractivity (Wildman–Crippen MR) is 151 cm³/mol. The molecule has 0 heterocycles. The average Bonchev–Trinajstić information content (AvgIpc) is 2.91. The quantitative estimate of drug-likeness (QED) is 0.209. The van der Waals surface area contributed by atoms with E-state index in [0.29, 0.717) is 12.8 Å². The Kier molecular flexibility index (Phi) is 8.53. The van der Waals surface area contributed by atoms with Crippen LogP contribution in [0.4, 0.5) is 11.4 Å². The summed E-state index contributed by atoms with van der Waals surface area (Å²) in [7, 11) is -7.94. The molecule has 0 aromatic heterocycles. The minimum Gasteiger partial charge on any atom is -0.259 e. The van der Waals surface area contributed by atoms with Crippen molar-refractivity contribution < 1.29 is 21.8 Å².